The van der Waals surface area contributed by atoms with Gasteiger partial charge in [0.15, 0.2) is 0 Å². The number of aryl methyl sites for hydroxylation is 1. The standard InChI is InChI=1S/C17H22N2S/c1-13-17(20-12-19-13)11-18-16-10-6-5-9-15(16)14-7-3-2-4-8-14/h2-4,7-8,12,15-16,18H,5-6,9-11H2,1H3. The van der Waals surface area contributed by atoms with Gasteiger partial charge in [0.1, 0.15) is 0 Å². The highest BCUT2D eigenvalue weighted by Crippen LogP contribution is 2.33. The third-order valence-corrected chi connectivity index (χ3v) is 5.30. The summed E-state index contributed by atoms with van der Waals surface area (Å²) < 4.78 is 0. The van der Waals surface area contributed by atoms with Crippen molar-refractivity contribution in [3.05, 3.63) is 52.0 Å². The van der Waals surface area contributed by atoms with Gasteiger partial charge in [0.2, 0.25) is 0 Å². The summed E-state index contributed by atoms with van der Waals surface area (Å²) in [4.78, 5) is 5.71. The zero-order chi connectivity index (χ0) is 13.8. The lowest BCUT2D eigenvalue weighted by atomic mass is 9.80. The van der Waals surface area contributed by atoms with Crippen molar-refractivity contribution in [3.8, 4) is 0 Å². The Morgan fingerprint density at radius 1 is 1.20 bits per heavy atom. The maximum Gasteiger partial charge on any atom is 0.0798 e. The molecule has 2 nitrogen and oxygen atoms in total. The van der Waals surface area contributed by atoms with Crippen LogP contribution in [-0.2, 0) is 6.54 Å². The van der Waals surface area contributed by atoms with Gasteiger partial charge < -0.3 is 5.32 Å². The molecule has 1 aromatic heterocycles. The Hall–Kier alpha value is -1.19. The first kappa shape index (κ1) is 13.8. The summed E-state index contributed by atoms with van der Waals surface area (Å²) in [5.41, 5.74) is 4.61. The van der Waals surface area contributed by atoms with Crippen molar-refractivity contribution in [1.29, 1.82) is 0 Å². The lowest BCUT2D eigenvalue weighted by Crippen LogP contribution is -2.36. The molecule has 1 fully saturated rings. The molecule has 1 heterocycles. The lowest BCUT2D eigenvalue weighted by molar-refractivity contribution is 0.326. The molecule has 1 aromatic carbocycles. The molecule has 2 aromatic rings. The molecule has 2 atom stereocenters. The Kier molecular flexibility index (Phi) is 4.48. The van der Waals surface area contributed by atoms with Crippen LogP contribution in [0, 0.1) is 6.92 Å². The monoisotopic (exact) mass is 286 g/mol. The van der Waals surface area contributed by atoms with Gasteiger partial charge in [-0.15, -0.1) is 11.3 Å². The molecule has 0 amide bonds. The zero-order valence-corrected chi connectivity index (χ0v) is 12.8. The minimum absolute atomic E-state index is 0.604. The molecule has 1 N–H and O–H groups in total. The fourth-order valence-corrected chi connectivity index (χ4v) is 3.92. The van der Waals surface area contributed by atoms with E-state index in [1.807, 2.05) is 5.51 Å². The van der Waals surface area contributed by atoms with Gasteiger partial charge in [0.05, 0.1) is 11.2 Å². The molecule has 0 radical (unpaired) electrons. The first-order valence-electron chi connectivity index (χ1n) is 7.52. The number of rotatable bonds is 4. The van der Waals surface area contributed by atoms with Crippen molar-refractivity contribution in [2.24, 2.45) is 0 Å². The predicted octanol–water partition coefficient (Wildman–Crippen LogP) is 4.27. The van der Waals surface area contributed by atoms with Crippen LogP contribution in [0.3, 0.4) is 0 Å². The van der Waals surface area contributed by atoms with Gasteiger partial charge in [-0.1, -0.05) is 43.2 Å². The van der Waals surface area contributed by atoms with Crippen LogP contribution in [0.1, 0.15) is 47.7 Å². The average molecular weight is 286 g/mol. The van der Waals surface area contributed by atoms with Crippen LogP contribution < -0.4 is 5.32 Å². The second kappa shape index (κ2) is 6.51. The van der Waals surface area contributed by atoms with E-state index in [0.29, 0.717) is 12.0 Å². The molecule has 1 aliphatic rings. The highest BCUT2D eigenvalue weighted by atomic mass is 32.1. The molecule has 0 aliphatic heterocycles. The maximum atomic E-state index is 4.34. The number of nitrogens with one attached hydrogen (secondary N) is 1. The quantitative estimate of drug-likeness (QED) is 0.908. The van der Waals surface area contributed by atoms with Gasteiger partial charge >= 0.3 is 0 Å². The summed E-state index contributed by atoms with van der Waals surface area (Å²) in [7, 11) is 0. The van der Waals surface area contributed by atoms with E-state index in [2.05, 4.69) is 47.6 Å². The second-order valence-corrected chi connectivity index (χ2v) is 6.59. The molecule has 3 rings (SSSR count). The van der Waals surface area contributed by atoms with Crippen molar-refractivity contribution in [2.75, 3.05) is 0 Å². The van der Waals surface area contributed by atoms with Gasteiger partial charge in [-0.25, -0.2) is 4.98 Å². The Morgan fingerprint density at radius 2 is 2.00 bits per heavy atom. The summed E-state index contributed by atoms with van der Waals surface area (Å²) in [6.07, 6.45) is 5.31. The Morgan fingerprint density at radius 3 is 2.75 bits per heavy atom. The molecular weight excluding hydrogens is 264 g/mol. The zero-order valence-electron chi connectivity index (χ0n) is 12.0. The lowest BCUT2D eigenvalue weighted by Gasteiger charge is -2.32. The summed E-state index contributed by atoms with van der Waals surface area (Å²) in [5.74, 6) is 0.665. The number of hydrogen-bond acceptors (Lipinski definition) is 3. The van der Waals surface area contributed by atoms with Crippen molar-refractivity contribution in [1.82, 2.24) is 10.3 Å². The molecule has 20 heavy (non-hydrogen) atoms. The van der Waals surface area contributed by atoms with Crippen molar-refractivity contribution >= 4 is 11.3 Å². The molecule has 3 heteroatoms. The van der Waals surface area contributed by atoms with E-state index in [4.69, 9.17) is 0 Å². The largest absolute Gasteiger partial charge is 0.308 e. The van der Waals surface area contributed by atoms with Crippen LogP contribution in [-0.4, -0.2) is 11.0 Å². The van der Waals surface area contributed by atoms with Gasteiger partial charge in [0, 0.05) is 17.5 Å². The third kappa shape index (κ3) is 3.10. The fraction of sp³-hybridized carbons (Fsp3) is 0.471. The number of thiazole rings is 1. The van der Waals surface area contributed by atoms with E-state index in [1.165, 1.54) is 41.8 Å². The van der Waals surface area contributed by atoms with Crippen LogP contribution in [0.2, 0.25) is 0 Å². The van der Waals surface area contributed by atoms with Crippen LogP contribution in [0.5, 0.6) is 0 Å². The summed E-state index contributed by atoms with van der Waals surface area (Å²) in [6, 6.07) is 11.6. The Bertz CT molecular complexity index is 535. The average Bonchev–Trinajstić information content (AvgIpc) is 2.92. The minimum atomic E-state index is 0.604. The van der Waals surface area contributed by atoms with Crippen LogP contribution in [0.4, 0.5) is 0 Å². The topological polar surface area (TPSA) is 24.9 Å². The van der Waals surface area contributed by atoms with E-state index in [-0.39, 0.29) is 0 Å². The number of nitrogens with zero attached hydrogens (tertiary/aromatic N) is 1. The Balaban J connectivity index is 1.68. The van der Waals surface area contributed by atoms with Crippen LogP contribution >= 0.6 is 11.3 Å². The van der Waals surface area contributed by atoms with Gasteiger partial charge in [-0.05, 0) is 31.2 Å². The van der Waals surface area contributed by atoms with E-state index in [0.717, 1.165) is 6.54 Å². The van der Waals surface area contributed by atoms with Crippen molar-refractivity contribution < 1.29 is 0 Å². The van der Waals surface area contributed by atoms with E-state index >= 15 is 0 Å². The van der Waals surface area contributed by atoms with Crippen molar-refractivity contribution in [2.45, 2.75) is 51.1 Å². The smallest absolute Gasteiger partial charge is 0.0798 e. The molecule has 0 bridgehead atoms. The third-order valence-electron chi connectivity index (χ3n) is 4.36. The Labute approximate surface area is 125 Å². The molecule has 1 saturated carbocycles. The highest BCUT2D eigenvalue weighted by Gasteiger charge is 2.26. The van der Waals surface area contributed by atoms with Gasteiger partial charge in [0.25, 0.3) is 0 Å². The SMILES string of the molecule is Cc1ncsc1CNC1CCCCC1c1ccccc1. The molecule has 2 unspecified atom stereocenters. The van der Waals surface area contributed by atoms with E-state index in [9.17, 15) is 0 Å². The van der Waals surface area contributed by atoms with Crippen molar-refractivity contribution in [3.63, 3.8) is 0 Å². The van der Waals surface area contributed by atoms with Gasteiger partial charge in [-0.2, -0.15) is 0 Å². The number of hydrogen-bond donors (Lipinski definition) is 1. The van der Waals surface area contributed by atoms with E-state index < -0.39 is 0 Å². The highest BCUT2D eigenvalue weighted by molar-refractivity contribution is 7.09. The first-order valence-corrected chi connectivity index (χ1v) is 8.40. The molecule has 0 spiro atoms. The predicted molar refractivity (Wildman–Crippen MR) is 85.1 cm³/mol. The molecule has 0 saturated heterocycles. The van der Waals surface area contributed by atoms with Crippen LogP contribution in [0.25, 0.3) is 0 Å². The molecule has 1 aliphatic carbocycles. The second-order valence-electron chi connectivity index (χ2n) is 5.65. The van der Waals surface area contributed by atoms with Gasteiger partial charge in [-0.3, -0.25) is 0 Å². The number of aromatic nitrogens is 1. The molecular formula is C17H22N2S. The minimum Gasteiger partial charge on any atom is -0.308 e. The first-order chi connectivity index (χ1) is 9.84. The fourth-order valence-electron chi connectivity index (χ4n) is 3.19. The maximum absolute atomic E-state index is 4.34. The van der Waals surface area contributed by atoms with Crippen LogP contribution in [0.15, 0.2) is 35.8 Å². The summed E-state index contributed by atoms with van der Waals surface area (Å²) in [5, 5.41) is 3.78. The molecule has 106 valence electrons. The summed E-state index contributed by atoms with van der Waals surface area (Å²) >= 11 is 1.76. The normalized spacial score (nSPS) is 22.9. The van der Waals surface area contributed by atoms with E-state index in [1.54, 1.807) is 11.3 Å². The number of benzene rings is 1. The summed E-state index contributed by atoms with van der Waals surface area (Å²) in [6.45, 7) is 3.06.